The molecule has 2 rings (SSSR count). The molecule has 3 heteroatoms. The van der Waals surface area contributed by atoms with Crippen LogP contribution >= 0.6 is 0 Å². The predicted molar refractivity (Wildman–Crippen MR) is 38.3 cm³/mol. The quantitative estimate of drug-likeness (QED) is 0.508. The van der Waals surface area contributed by atoms with Gasteiger partial charge in [-0.1, -0.05) is 6.92 Å². The van der Waals surface area contributed by atoms with Gasteiger partial charge in [0.2, 0.25) is 0 Å². The third kappa shape index (κ3) is 0.726. The molecule has 2 fully saturated rings. The lowest BCUT2D eigenvalue weighted by molar-refractivity contribution is -0.249. The molecule has 11 heavy (non-hydrogen) atoms. The lowest BCUT2D eigenvalue weighted by Crippen LogP contribution is -2.69. The average molecular weight is 156 g/mol. The maximum Gasteiger partial charge on any atom is 0.170 e. The van der Waals surface area contributed by atoms with Gasteiger partial charge in [-0.05, 0) is 6.92 Å². The number of hydrogen-bond donors (Lipinski definition) is 0. The molecule has 1 aliphatic heterocycles. The van der Waals surface area contributed by atoms with Crippen LogP contribution in [-0.4, -0.2) is 30.7 Å². The molecule has 62 valence electrons. The molecule has 1 saturated carbocycles. The lowest BCUT2D eigenvalue weighted by atomic mass is 9.67. The van der Waals surface area contributed by atoms with Gasteiger partial charge in [-0.2, -0.15) is 0 Å². The summed E-state index contributed by atoms with van der Waals surface area (Å²) in [4.78, 5) is 11.2. The second kappa shape index (κ2) is 2.05. The molecule has 0 amide bonds. The van der Waals surface area contributed by atoms with Crippen molar-refractivity contribution in [2.45, 2.75) is 25.6 Å². The predicted octanol–water partition coefficient (Wildman–Crippen LogP) is 0.379. The van der Waals surface area contributed by atoms with E-state index in [2.05, 4.69) is 0 Å². The summed E-state index contributed by atoms with van der Waals surface area (Å²) in [5.41, 5.74) is -0.324. The van der Waals surface area contributed by atoms with Gasteiger partial charge in [0, 0.05) is 5.92 Å². The molecule has 0 aromatic heterocycles. The van der Waals surface area contributed by atoms with Gasteiger partial charge in [-0.25, -0.2) is 0 Å². The Kier molecular flexibility index (Phi) is 1.35. The van der Waals surface area contributed by atoms with Crippen molar-refractivity contribution in [2.24, 2.45) is 5.92 Å². The minimum atomic E-state index is -0.324. The number of carbonyl (C=O) groups is 1. The summed E-state index contributed by atoms with van der Waals surface area (Å²) in [6.07, 6.45) is -0.286. The van der Waals surface area contributed by atoms with Crippen LogP contribution < -0.4 is 0 Å². The third-order valence-electron chi connectivity index (χ3n) is 2.85. The molecule has 1 heterocycles. The number of carbonyl (C=O) groups excluding carboxylic acids is 1. The van der Waals surface area contributed by atoms with E-state index >= 15 is 0 Å². The minimum absolute atomic E-state index is 0.00722. The van der Waals surface area contributed by atoms with Gasteiger partial charge < -0.3 is 9.47 Å². The van der Waals surface area contributed by atoms with Crippen LogP contribution in [0.5, 0.6) is 0 Å². The molecule has 1 aliphatic carbocycles. The summed E-state index contributed by atoms with van der Waals surface area (Å²) >= 11 is 0. The Hall–Kier alpha value is -0.410. The van der Waals surface area contributed by atoms with E-state index in [0.29, 0.717) is 13.2 Å². The van der Waals surface area contributed by atoms with Crippen LogP contribution in [0.15, 0.2) is 0 Å². The number of ketones is 1. The van der Waals surface area contributed by atoms with Crippen molar-refractivity contribution in [1.29, 1.82) is 0 Å². The van der Waals surface area contributed by atoms with E-state index in [4.69, 9.17) is 9.47 Å². The van der Waals surface area contributed by atoms with Gasteiger partial charge in [-0.15, -0.1) is 0 Å². The maximum atomic E-state index is 11.2. The largest absolute Gasteiger partial charge is 0.369 e. The average Bonchev–Trinajstić information content (AvgIpc) is 2.04. The molecule has 0 unspecified atom stereocenters. The van der Waals surface area contributed by atoms with Crippen LogP contribution in [0, 0.1) is 5.92 Å². The normalized spacial score (nSPS) is 49.8. The highest BCUT2D eigenvalue weighted by atomic mass is 16.6. The van der Waals surface area contributed by atoms with Crippen LogP contribution in [-0.2, 0) is 14.3 Å². The molecule has 3 nitrogen and oxygen atoms in total. The van der Waals surface area contributed by atoms with Crippen molar-refractivity contribution in [1.82, 2.24) is 0 Å². The smallest absolute Gasteiger partial charge is 0.170 e. The lowest BCUT2D eigenvalue weighted by Gasteiger charge is -2.52. The van der Waals surface area contributed by atoms with Crippen LogP contribution in [0.2, 0.25) is 0 Å². The van der Waals surface area contributed by atoms with E-state index in [-0.39, 0.29) is 23.4 Å². The second-order valence-electron chi connectivity index (χ2n) is 3.41. The van der Waals surface area contributed by atoms with Crippen molar-refractivity contribution >= 4 is 5.78 Å². The van der Waals surface area contributed by atoms with Crippen molar-refractivity contribution in [3.05, 3.63) is 0 Å². The summed E-state index contributed by atoms with van der Waals surface area (Å²) in [5, 5.41) is 0. The molecular formula is C8H12O3. The van der Waals surface area contributed by atoms with Crippen LogP contribution in [0.4, 0.5) is 0 Å². The number of rotatable bonds is 0. The van der Waals surface area contributed by atoms with Gasteiger partial charge in [0.05, 0.1) is 13.2 Å². The van der Waals surface area contributed by atoms with E-state index in [0.717, 1.165) is 0 Å². The molecule has 0 spiro atoms. The molecule has 0 aromatic carbocycles. The van der Waals surface area contributed by atoms with Gasteiger partial charge in [0.15, 0.2) is 5.78 Å². The van der Waals surface area contributed by atoms with E-state index in [1.807, 2.05) is 13.8 Å². The second-order valence-corrected chi connectivity index (χ2v) is 3.41. The zero-order chi connectivity index (χ0) is 8.06. The van der Waals surface area contributed by atoms with Gasteiger partial charge in [0.1, 0.15) is 11.7 Å². The first-order chi connectivity index (χ1) is 5.16. The number of ether oxygens (including phenoxy) is 2. The maximum absolute atomic E-state index is 11.2. The number of hydrogen-bond acceptors (Lipinski definition) is 3. The van der Waals surface area contributed by atoms with Gasteiger partial charge in [-0.3, -0.25) is 4.79 Å². The molecule has 2 aliphatic rings. The zero-order valence-electron chi connectivity index (χ0n) is 6.79. The number of Topliss-reactive ketones (excluding diaryl/α,β-unsaturated/α-hetero) is 1. The Labute approximate surface area is 65.7 Å². The Morgan fingerprint density at radius 1 is 1.55 bits per heavy atom. The summed E-state index contributed by atoms with van der Waals surface area (Å²) in [7, 11) is 0. The summed E-state index contributed by atoms with van der Waals surface area (Å²) in [6, 6.07) is 0. The minimum Gasteiger partial charge on any atom is -0.369 e. The Balaban J connectivity index is 2.19. The zero-order valence-corrected chi connectivity index (χ0v) is 6.79. The highest BCUT2D eigenvalue weighted by molar-refractivity contribution is 5.94. The molecule has 1 saturated heterocycles. The van der Waals surface area contributed by atoms with Gasteiger partial charge >= 0.3 is 0 Å². The Morgan fingerprint density at radius 3 is 2.91 bits per heavy atom. The highest BCUT2D eigenvalue weighted by Gasteiger charge is 2.60. The third-order valence-corrected chi connectivity index (χ3v) is 2.85. The summed E-state index contributed by atoms with van der Waals surface area (Å²) in [6.45, 7) is 5.01. The van der Waals surface area contributed by atoms with Crippen molar-refractivity contribution in [2.75, 3.05) is 13.2 Å². The van der Waals surface area contributed by atoms with Crippen LogP contribution in [0.25, 0.3) is 0 Å². The van der Waals surface area contributed by atoms with Crippen LogP contribution in [0.1, 0.15) is 13.8 Å². The molecule has 0 radical (unpaired) electrons. The fourth-order valence-corrected chi connectivity index (χ4v) is 1.80. The fourth-order valence-electron chi connectivity index (χ4n) is 1.80. The van der Waals surface area contributed by atoms with Gasteiger partial charge in [0.25, 0.3) is 0 Å². The summed E-state index contributed by atoms with van der Waals surface area (Å²) < 4.78 is 10.8. The van der Waals surface area contributed by atoms with E-state index in [9.17, 15) is 4.79 Å². The summed E-state index contributed by atoms with van der Waals surface area (Å²) in [5.74, 6) is 0.194. The van der Waals surface area contributed by atoms with E-state index in [1.165, 1.54) is 0 Å². The first-order valence-corrected chi connectivity index (χ1v) is 3.95. The van der Waals surface area contributed by atoms with Crippen molar-refractivity contribution < 1.29 is 14.3 Å². The standard InChI is InChI=1S/C8H12O3/c1-5-6(9)7-8(5,2)11-4-3-10-7/h5,7H,3-4H2,1-2H3/t5-,7-,8+/m0/s1. The van der Waals surface area contributed by atoms with E-state index < -0.39 is 0 Å². The monoisotopic (exact) mass is 156 g/mol. The SMILES string of the molecule is C[C@H]1C(=O)[C@@H]2OCCO[C@]12C. The molecular weight excluding hydrogens is 144 g/mol. The molecule has 0 N–H and O–H groups in total. The highest BCUT2D eigenvalue weighted by Crippen LogP contribution is 2.42. The topological polar surface area (TPSA) is 35.5 Å². The van der Waals surface area contributed by atoms with Crippen molar-refractivity contribution in [3.8, 4) is 0 Å². The Morgan fingerprint density at radius 2 is 2.27 bits per heavy atom. The molecule has 0 aromatic rings. The van der Waals surface area contributed by atoms with E-state index in [1.54, 1.807) is 0 Å². The van der Waals surface area contributed by atoms with Crippen molar-refractivity contribution in [3.63, 3.8) is 0 Å². The number of fused-ring (bicyclic) bond motifs is 1. The molecule has 0 bridgehead atoms. The van der Waals surface area contributed by atoms with Crippen LogP contribution in [0.3, 0.4) is 0 Å². The Bertz CT molecular complexity index is 202. The fraction of sp³-hybridized carbons (Fsp3) is 0.875. The molecule has 3 atom stereocenters. The first kappa shape index (κ1) is 7.25. The first-order valence-electron chi connectivity index (χ1n) is 3.95.